The molecule has 0 saturated carbocycles. The van der Waals surface area contributed by atoms with Gasteiger partial charge in [-0.15, -0.1) is 0 Å². The molecule has 7 nitrogen and oxygen atoms in total. The molecule has 0 aliphatic carbocycles. The van der Waals surface area contributed by atoms with Crippen molar-refractivity contribution in [1.82, 2.24) is 9.21 Å². The van der Waals surface area contributed by atoms with Gasteiger partial charge >= 0.3 is 6.09 Å². The molecule has 8 heteroatoms. The van der Waals surface area contributed by atoms with Gasteiger partial charge in [-0.25, -0.2) is 9.93 Å². The maximum absolute atomic E-state index is 11.0. The van der Waals surface area contributed by atoms with Crippen LogP contribution in [-0.2, 0) is 10.2 Å². The number of hydrogen-bond donors (Lipinski definition) is 2. The van der Waals surface area contributed by atoms with E-state index in [1.807, 2.05) is 0 Å². The molecule has 1 fully saturated rings. The molecule has 0 aromatic carbocycles. The Hall–Kier alpha value is -0.860. The van der Waals surface area contributed by atoms with Crippen molar-refractivity contribution in [3.05, 3.63) is 0 Å². The van der Waals surface area contributed by atoms with Crippen LogP contribution < -0.4 is 5.14 Å². The van der Waals surface area contributed by atoms with Crippen molar-refractivity contribution < 1.29 is 18.3 Å². The maximum Gasteiger partial charge on any atom is 0.407 e. The highest BCUT2D eigenvalue weighted by Gasteiger charge is 2.23. The fourth-order valence-corrected chi connectivity index (χ4v) is 2.06. The number of nitrogens with two attached hydrogens (primary N) is 1. The third-order valence-corrected chi connectivity index (χ3v) is 3.17. The molecule has 1 saturated heterocycles. The second-order valence-corrected chi connectivity index (χ2v) is 4.61. The van der Waals surface area contributed by atoms with E-state index in [0.717, 1.165) is 4.31 Å². The predicted octanol–water partition coefficient (Wildman–Crippen LogP) is -1.12. The van der Waals surface area contributed by atoms with Crippen LogP contribution in [0.3, 0.4) is 0 Å². The first kappa shape index (κ1) is 11.2. The first-order valence-electron chi connectivity index (χ1n) is 4.17. The SMILES string of the molecule is NS(=O)(=O)N1CCCN(C(=O)O)CC1. The van der Waals surface area contributed by atoms with Crippen LogP contribution in [0.25, 0.3) is 0 Å². The molecule has 0 spiro atoms. The molecule has 1 heterocycles. The fourth-order valence-electron chi connectivity index (χ4n) is 1.34. The summed E-state index contributed by atoms with van der Waals surface area (Å²) in [5.74, 6) is 0. The molecule has 3 N–H and O–H groups in total. The first-order chi connectivity index (χ1) is 6.41. The highest BCUT2D eigenvalue weighted by Crippen LogP contribution is 2.05. The summed E-state index contributed by atoms with van der Waals surface area (Å²) in [7, 11) is -3.68. The van der Waals surface area contributed by atoms with E-state index in [2.05, 4.69) is 0 Å². The second-order valence-electron chi connectivity index (χ2n) is 3.07. The van der Waals surface area contributed by atoms with E-state index in [4.69, 9.17) is 10.2 Å². The number of nitrogens with zero attached hydrogens (tertiary/aromatic N) is 2. The summed E-state index contributed by atoms with van der Waals surface area (Å²) in [6, 6.07) is 0. The van der Waals surface area contributed by atoms with E-state index in [1.54, 1.807) is 0 Å². The van der Waals surface area contributed by atoms with E-state index >= 15 is 0 Å². The molecular weight excluding hydrogens is 210 g/mol. The minimum Gasteiger partial charge on any atom is -0.465 e. The zero-order valence-electron chi connectivity index (χ0n) is 7.59. The van der Waals surface area contributed by atoms with Crippen molar-refractivity contribution in [3.8, 4) is 0 Å². The topological polar surface area (TPSA) is 104 Å². The van der Waals surface area contributed by atoms with Crippen LogP contribution in [0.4, 0.5) is 4.79 Å². The summed E-state index contributed by atoms with van der Waals surface area (Å²) in [4.78, 5) is 11.8. The molecule has 1 rings (SSSR count). The van der Waals surface area contributed by atoms with Gasteiger partial charge in [0.25, 0.3) is 10.2 Å². The number of carbonyl (C=O) groups is 1. The first-order valence-corrected chi connectivity index (χ1v) is 5.67. The van der Waals surface area contributed by atoms with Gasteiger partial charge in [-0.05, 0) is 6.42 Å². The van der Waals surface area contributed by atoms with Crippen molar-refractivity contribution >= 4 is 16.3 Å². The largest absolute Gasteiger partial charge is 0.465 e. The van der Waals surface area contributed by atoms with Gasteiger partial charge in [-0.1, -0.05) is 0 Å². The van der Waals surface area contributed by atoms with Crippen LogP contribution in [0.2, 0.25) is 0 Å². The minimum absolute atomic E-state index is 0.130. The van der Waals surface area contributed by atoms with Gasteiger partial charge in [-0.2, -0.15) is 12.7 Å². The Morgan fingerprint density at radius 2 is 1.86 bits per heavy atom. The molecule has 1 amide bonds. The van der Waals surface area contributed by atoms with Crippen LogP contribution in [-0.4, -0.2) is 55.0 Å². The fraction of sp³-hybridized carbons (Fsp3) is 0.833. The van der Waals surface area contributed by atoms with Crippen molar-refractivity contribution in [2.75, 3.05) is 26.2 Å². The maximum atomic E-state index is 11.0. The molecule has 1 aliphatic heterocycles. The van der Waals surface area contributed by atoms with Crippen molar-refractivity contribution in [1.29, 1.82) is 0 Å². The molecule has 0 bridgehead atoms. The second kappa shape index (κ2) is 4.11. The Balaban J connectivity index is 2.62. The number of carboxylic acid groups (broad SMARTS) is 1. The summed E-state index contributed by atoms with van der Waals surface area (Å²) < 4.78 is 23.0. The summed E-state index contributed by atoms with van der Waals surface area (Å²) in [5.41, 5.74) is 0. The zero-order valence-corrected chi connectivity index (χ0v) is 8.40. The molecule has 0 atom stereocenters. The smallest absolute Gasteiger partial charge is 0.407 e. The summed E-state index contributed by atoms with van der Waals surface area (Å²) in [5, 5.41) is 13.6. The van der Waals surface area contributed by atoms with Crippen LogP contribution in [0.5, 0.6) is 0 Å². The molecule has 0 unspecified atom stereocenters. The van der Waals surface area contributed by atoms with Gasteiger partial charge in [0, 0.05) is 26.2 Å². The normalized spacial score (nSPS) is 20.5. The van der Waals surface area contributed by atoms with Gasteiger partial charge in [0.05, 0.1) is 0 Å². The van der Waals surface area contributed by atoms with Gasteiger partial charge in [0.2, 0.25) is 0 Å². The lowest BCUT2D eigenvalue weighted by atomic mass is 10.4. The molecule has 0 radical (unpaired) electrons. The third-order valence-electron chi connectivity index (χ3n) is 2.09. The van der Waals surface area contributed by atoms with Gasteiger partial charge in [-0.3, -0.25) is 0 Å². The Morgan fingerprint density at radius 3 is 2.36 bits per heavy atom. The van der Waals surface area contributed by atoms with Crippen LogP contribution in [0, 0.1) is 0 Å². The van der Waals surface area contributed by atoms with Crippen molar-refractivity contribution in [2.24, 2.45) is 5.14 Å². The Labute approximate surface area is 82.3 Å². The summed E-state index contributed by atoms with van der Waals surface area (Å²) >= 11 is 0. The lowest BCUT2D eigenvalue weighted by Gasteiger charge is -2.17. The van der Waals surface area contributed by atoms with Crippen LogP contribution >= 0.6 is 0 Å². The van der Waals surface area contributed by atoms with E-state index in [1.165, 1.54) is 4.90 Å². The predicted molar refractivity (Wildman–Crippen MR) is 48.9 cm³/mol. The Bertz CT molecular complexity index is 315. The molecule has 1 aliphatic rings. The molecule has 0 aromatic rings. The number of hydrogen-bond acceptors (Lipinski definition) is 3. The molecule has 0 aromatic heterocycles. The highest BCUT2D eigenvalue weighted by atomic mass is 32.2. The highest BCUT2D eigenvalue weighted by molar-refractivity contribution is 7.86. The monoisotopic (exact) mass is 223 g/mol. The van der Waals surface area contributed by atoms with Crippen molar-refractivity contribution in [2.45, 2.75) is 6.42 Å². The number of amides is 1. The van der Waals surface area contributed by atoms with Crippen molar-refractivity contribution in [3.63, 3.8) is 0 Å². The van der Waals surface area contributed by atoms with E-state index in [-0.39, 0.29) is 19.6 Å². The molecule has 82 valence electrons. The molecule has 14 heavy (non-hydrogen) atoms. The molecular formula is C6H13N3O4S. The third kappa shape index (κ3) is 2.82. The van der Waals surface area contributed by atoms with E-state index in [0.29, 0.717) is 13.0 Å². The average Bonchev–Trinajstić information content (AvgIpc) is 2.26. The quantitative estimate of drug-likeness (QED) is 0.587. The summed E-state index contributed by atoms with van der Waals surface area (Å²) in [6.45, 7) is 0.931. The van der Waals surface area contributed by atoms with Gasteiger partial charge < -0.3 is 10.0 Å². The standard InChI is InChI=1S/C6H13N3O4S/c7-14(12,13)9-3-1-2-8(4-5-9)6(10)11/h1-5H2,(H,10,11)(H2,7,12,13). The average molecular weight is 223 g/mol. The van der Waals surface area contributed by atoms with Gasteiger partial charge in [0.15, 0.2) is 0 Å². The van der Waals surface area contributed by atoms with E-state index < -0.39 is 16.3 Å². The van der Waals surface area contributed by atoms with E-state index in [9.17, 15) is 13.2 Å². The lowest BCUT2D eigenvalue weighted by molar-refractivity contribution is 0.147. The zero-order chi connectivity index (χ0) is 10.8. The lowest BCUT2D eigenvalue weighted by Crippen LogP contribution is -2.40. The Morgan fingerprint density at radius 1 is 1.21 bits per heavy atom. The Kier molecular flexibility index (Phi) is 3.29. The number of rotatable bonds is 1. The van der Waals surface area contributed by atoms with Crippen LogP contribution in [0.15, 0.2) is 0 Å². The minimum atomic E-state index is -3.68. The summed E-state index contributed by atoms with van der Waals surface area (Å²) in [6.07, 6.45) is -0.552. The van der Waals surface area contributed by atoms with Gasteiger partial charge in [0.1, 0.15) is 0 Å². The van der Waals surface area contributed by atoms with Crippen LogP contribution in [0.1, 0.15) is 6.42 Å².